The second-order valence-corrected chi connectivity index (χ2v) is 5.89. The molecule has 0 radical (unpaired) electrons. The molecule has 2 aliphatic carbocycles. The molecule has 2 saturated carbocycles. The summed E-state index contributed by atoms with van der Waals surface area (Å²) in [6, 6.07) is 6.75. The number of nitriles is 1. The zero-order chi connectivity index (χ0) is 14.1. The van der Waals surface area contributed by atoms with E-state index in [1.54, 1.807) is 12.1 Å². The first-order valence-electron chi connectivity index (χ1n) is 7.10. The van der Waals surface area contributed by atoms with E-state index in [1.165, 1.54) is 31.7 Å². The first-order valence-corrected chi connectivity index (χ1v) is 7.10. The molecule has 3 rings (SSSR count). The van der Waals surface area contributed by atoms with E-state index in [0.717, 1.165) is 18.4 Å². The maximum absolute atomic E-state index is 11.1. The van der Waals surface area contributed by atoms with Crippen LogP contribution in [-0.2, 0) is 0 Å². The number of nitrogens with zero attached hydrogens (tertiary/aromatic N) is 2. The summed E-state index contributed by atoms with van der Waals surface area (Å²) >= 11 is 0. The van der Waals surface area contributed by atoms with Crippen molar-refractivity contribution in [3.63, 3.8) is 0 Å². The minimum absolute atomic E-state index is 0.0989. The molecule has 2 aliphatic rings. The van der Waals surface area contributed by atoms with Gasteiger partial charge >= 0.3 is 5.69 Å². The first kappa shape index (κ1) is 12.9. The Morgan fingerprint density at radius 3 is 2.85 bits per heavy atom. The highest BCUT2D eigenvalue weighted by molar-refractivity contribution is 5.68. The predicted molar refractivity (Wildman–Crippen MR) is 75.2 cm³/mol. The van der Waals surface area contributed by atoms with Gasteiger partial charge in [-0.3, -0.25) is 10.1 Å². The molecule has 0 aromatic heterocycles. The Kier molecular flexibility index (Phi) is 3.31. The van der Waals surface area contributed by atoms with Crippen molar-refractivity contribution >= 4 is 11.4 Å². The lowest BCUT2D eigenvalue weighted by atomic mass is 9.89. The van der Waals surface area contributed by atoms with E-state index in [0.29, 0.717) is 11.6 Å². The van der Waals surface area contributed by atoms with Crippen molar-refractivity contribution in [1.29, 1.82) is 5.26 Å². The van der Waals surface area contributed by atoms with Crippen molar-refractivity contribution in [2.75, 3.05) is 11.9 Å². The number of nitro benzene ring substituents is 1. The van der Waals surface area contributed by atoms with Gasteiger partial charge < -0.3 is 5.32 Å². The van der Waals surface area contributed by atoms with Gasteiger partial charge in [0.2, 0.25) is 0 Å². The van der Waals surface area contributed by atoms with Crippen LogP contribution in [0.15, 0.2) is 18.2 Å². The highest BCUT2D eigenvalue weighted by Crippen LogP contribution is 2.48. The summed E-state index contributed by atoms with van der Waals surface area (Å²) in [6.45, 7) is 0.775. The summed E-state index contributed by atoms with van der Waals surface area (Å²) in [5.41, 5.74) is 0.489. The number of fused-ring (bicyclic) bond motifs is 2. The third kappa shape index (κ3) is 2.22. The van der Waals surface area contributed by atoms with E-state index in [4.69, 9.17) is 5.26 Å². The zero-order valence-corrected chi connectivity index (χ0v) is 11.2. The number of benzene rings is 1. The van der Waals surface area contributed by atoms with Crippen LogP contribution in [0.25, 0.3) is 0 Å². The molecule has 3 atom stereocenters. The highest BCUT2D eigenvalue weighted by atomic mass is 16.6. The predicted octanol–water partition coefficient (Wildman–Crippen LogP) is 3.31. The van der Waals surface area contributed by atoms with Crippen LogP contribution in [0.1, 0.15) is 31.2 Å². The molecule has 2 bridgehead atoms. The molecule has 1 N–H and O–H groups in total. The fourth-order valence-corrected chi connectivity index (χ4v) is 3.84. The quantitative estimate of drug-likeness (QED) is 0.673. The standard InChI is InChI=1S/C15H17N3O2/c16-8-12-2-1-3-14(15(12)18(19)20)17-9-13-7-10-4-5-11(13)6-10/h1-3,10-11,13,17H,4-7,9H2. The lowest BCUT2D eigenvalue weighted by Crippen LogP contribution is -2.20. The van der Waals surface area contributed by atoms with E-state index < -0.39 is 4.92 Å². The number of para-hydroxylation sites is 1. The van der Waals surface area contributed by atoms with Crippen LogP contribution in [0.5, 0.6) is 0 Å². The molecule has 0 saturated heterocycles. The van der Waals surface area contributed by atoms with Crippen LogP contribution in [0.4, 0.5) is 11.4 Å². The van der Waals surface area contributed by atoms with Crippen molar-refractivity contribution in [2.24, 2.45) is 17.8 Å². The minimum Gasteiger partial charge on any atom is -0.379 e. The third-order valence-electron chi connectivity index (χ3n) is 4.78. The van der Waals surface area contributed by atoms with Gasteiger partial charge in [0.05, 0.1) is 4.92 Å². The van der Waals surface area contributed by atoms with Crippen LogP contribution < -0.4 is 5.32 Å². The maximum atomic E-state index is 11.1. The van der Waals surface area contributed by atoms with Crippen LogP contribution >= 0.6 is 0 Å². The molecular weight excluding hydrogens is 254 g/mol. The molecule has 0 amide bonds. The van der Waals surface area contributed by atoms with Crippen molar-refractivity contribution in [2.45, 2.75) is 25.7 Å². The highest BCUT2D eigenvalue weighted by Gasteiger charge is 2.39. The van der Waals surface area contributed by atoms with Crippen LogP contribution in [0.3, 0.4) is 0 Å². The van der Waals surface area contributed by atoms with Crippen molar-refractivity contribution < 1.29 is 4.92 Å². The van der Waals surface area contributed by atoms with E-state index in [-0.39, 0.29) is 11.3 Å². The van der Waals surface area contributed by atoms with Crippen LogP contribution in [0.2, 0.25) is 0 Å². The molecule has 0 aliphatic heterocycles. The molecule has 0 heterocycles. The summed E-state index contributed by atoms with van der Waals surface area (Å²) in [5.74, 6) is 2.28. The Hall–Kier alpha value is -2.09. The molecule has 104 valence electrons. The number of anilines is 1. The van der Waals surface area contributed by atoms with Crippen LogP contribution in [-0.4, -0.2) is 11.5 Å². The fourth-order valence-electron chi connectivity index (χ4n) is 3.84. The minimum atomic E-state index is -0.471. The summed E-state index contributed by atoms with van der Waals surface area (Å²) in [7, 11) is 0. The zero-order valence-electron chi connectivity index (χ0n) is 11.2. The summed E-state index contributed by atoms with van der Waals surface area (Å²) in [5, 5.41) is 23.3. The van der Waals surface area contributed by atoms with Crippen LogP contribution in [0, 0.1) is 39.2 Å². The number of rotatable bonds is 4. The molecule has 1 aromatic carbocycles. The fraction of sp³-hybridized carbons (Fsp3) is 0.533. The normalized spacial score (nSPS) is 27.2. The Morgan fingerprint density at radius 2 is 2.25 bits per heavy atom. The monoisotopic (exact) mass is 271 g/mol. The Bertz CT molecular complexity index is 579. The van der Waals surface area contributed by atoms with E-state index in [2.05, 4.69) is 5.32 Å². The molecule has 5 nitrogen and oxygen atoms in total. The van der Waals surface area contributed by atoms with E-state index in [9.17, 15) is 10.1 Å². The smallest absolute Gasteiger partial charge is 0.309 e. The van der Waals surface area contributed by atoms with Gasteiger partial charge in [-0.05, 0) is 49.1 Å². The molecule has 0 spiro atoms. The Labute approximate surface area is 117 Å². The Morgan fingerprint density at radius 1 is 1.40 bits per heavy atom. The molecule has 1 aromatic rings. The third-order valence-corrected chi connectivity index (χ3v) is 4.78. The van der Waals surface area contributed by atoms with Crippen molar-refractivity contribution in [1.82, 2.24) is 0 Å². The Balaban J connectivity index is 1.74. The van der Waals surface area contributed by atoms with Gasteiger partial charge in [0.1, 0.15) is 17.3 Å². The van der Waals surface area contributed by atoms with E-state index >= 15 is 0 Å². The second kappa shape index (κ2) is 5.12. The number of nitrogens with one attached hydrogen (secondary N) is 1. The number of hydrogen-bond acceptors (Lipinski definition) is 4. The van der Waals surface area contributed by atoms with Gasteiger partial charge in [0.25, 0.3) is 0 Å². The number of hydrogen-bond donors (Lipinski definition) is 1. The number of nitro groups is 1. The molecular formula is C15H17N3O2. The van der Waals surface area contributed by atoms with Gasteiger partial charge in [-0.25, -0.2) is 0 Å². The van der Waals surface area contributed by atoms with Gasteiger partial charge in [-0.15, -0.1) is 0 Å². The van der Waals surface area contributed by atoms with Crippen molar-refractivity contribution in [3.8, 4) is 6.07 Å². The summed E-state index contributed by atoms with van der Waals surface area (Å²) in [6.07, 6.45) is 5.22. The van der Waals surface area contributed by atoms with Gasteiger partial charge in [-0.1, -0.05) is 12.5 Å². The lowest BCUT2D eigenvalue weighted by molar-refractivity contribution is -0.384. The molecule has 3 unspecified atom stereocenters. The average Bonchev–Trinajstić information content (AvgIpc) is 3.06. The van der Waals surface area contributed by atoms with Gasteiger partial charge in [0.15, 0.2) is 0 Å². The topological polar surface area (TPSA) is 79.0 Å². The van der Waals surface area contributed by atoms with Gasteiger partial charge in [-0.2, -0.15) is 5.26 Å². The van der Waals surface area contributed by atoms with Gasteiger partial charge in [0, 0.05) is 6.54 Å². The van der Waals surface area contributed by atoms with E-state index in [1.807, 2.05) is 6.07 Å². The second-order valence-electron chi connectivity index (χ2n) is 5.89. The molecule has 20 heavy (non-hydrogen) atoms. The van der Waals surface area contributed by atoms with Crippen molar-refractivity contribution in [3.05, 3.63) is 33.9 Å². The molecule has 2 fully saturated rings. The first-order chi connectivity index (χ1) is 9.69. The SMILES string of the molecule is N#Cc1cccc(NCC2CC3CCC2C3)c1[N+](=O)[O-]. The largest absolute Gasteiger partial charge is 0.379 e. The summed E-state index contributed by atoms with van der Waals surface area (Å²) < 4.78 is 0. The maximum Gasteiger partial charge on any atom is 0.309 e. The summed E-state index contributed by atoms with van der Waals surface area (Å²) in [4.78, 5) is 10.7. The average molecular weight is 271 g/mol. The molecule has 5 heteroatoms. The lowest BCUT2D eigenvalue weighted by Gasteiger charge is -2.22.